The van der Waals surface area contributed by atoms with Gasteiger partial charge in [-0.05, 0) is 45.3 Å². The fraction of sp³-hybridized carbons (Fsp3) is 0.125. The lowest BCUT2D eigenvalue weighted by molar-refractivity contribution is -0.155. The number of Topliss-reactive ketones (excluding diaryl/α,β-unsaturated/α-hetero) is 1. The Labute approximate surface area is 314 Å². The first-order valence-corrected chi connectivity index (χ1v) is 19.7. The molecule has 0 aromatic heterocycles. The second kappa shape index (κ2) is 19.5. The van der Waals surface area contributed by atoms with E-state index in [1.54, 1.807) is 6.08 Å². The highest BCUT2D eigenvalue weighted by molar-refractivity contribution is 7.95. The van der Waals surface area contributed by atoms with Gasteiger partial charge in [0.25, 0.3) is 0 Å². The molecule has 266 valence electrons. The molecule has 0 aliphatic heterocycles. The van der Waals surface area contributed by atoms with Crippen molar-refractivity contribution in [2.24, 2.45) is 0 Å². The molecule has 0 saturated carbocycles. The molecular weight excluding hydrogens is 671 g/mol. The van der Waals surface area contributed by atoms with Crippen molar-refractivity contribution in [2.45, 2.75) is 38.1 Å². The van der Waals surface area contributed by atoms with E-state index in [4.69, 9.17) is 14.2 Å². The number of allylic oxidation sites excluding steroid dienone is 2. The number of hydrogen-bond donors (Lipinski definition) is 0. The van der Waals surface area contributed by atoms with Gasteiger partial charge in [-0.1, -0.05) is 207 Å². The van der Waals surface area contributed by atoms with Crippen LogP contribution >= 0.6 is 6.89 Å². The molecule has 0 aliphatic rings. The van der Waals surface area contributed by atoms with Gasteiger partial charge in [0.05, 0.1) is 19.8 Å². The van der Waals surface area contributed by atoms with Crippen molar-refractivity contribution in [3.8, 4) is 0 Å². The number of hydrogen-bond acceptors (Lipinski definition) is 4. The fourth-order valence-corrected chi connectivity index (χ4v) is 10.2. The standard InChI is InChI=1S/C48H45O4P/c1-2-3-34-46(50-35-39-22-10-4-11-23-39)48(52-37-41-26-14-6-15-27-41)47(51-36-40-24-12-5-13-25-40)45(49)38-53(42-28-16-7-17-29-42,43-30-18-8-19-31-43)44-32-20-9-21-33-44/h2-34,38,46-48H,1,35-37H2/b34-3+/t46-,47-,48+/m1/s1. The first kappa shape index (κ1) is 37.4. The monoisotopic (exact) mass is 716 g/mol. The zero-order chi connectivity index (χ0) is 36.6. The third-order valence-electron chi connectivity index (χ3n) is 8.99. The molecule has 53 heavy (non-hydrogen) atoms. The molecule has 4 nitrogen and oxygen atoms in total. The van der Waals surface area contributed by atoms with Gasteiger partial charge in [0, 0.05) is 0 Å². The molecule has 0 spiro atoms. The third kappa shape index (κ3) is 9.96. The lowest BCUT2D eigenvalue weighted by atomic mass is 10.0. The summed E-state index contributed by atoms with van der Waals surface area (Å²) in [5, 5.41) is 3.20. The van der Waals surface area contributed by atoms with Crippen LogP contribution in [0.15, 0.2) is 207 Å². The van der Waals surface area contributed by atoms with Crippen LogP contribution in [0.3, 0.4) is 0 Å². The smallest absolute Gasteiger partial charge is 0.188 e. The minimum absolute atomic E-state index is 0.177. The zero-order valence-electron chi connectivity index (χ0n) is 29.8. The topological polar surface area (TPSA) is 44.8 Å². The number of benzene rings is 6. The Morgan fingerprint density at radius 2 is 0.868 bits per heavy atom. The Balaban J connectivity index is 1.53. The Bertz CT molecular complexity index is 1960. The summed E-state index contributed by atoms with van der Waals surface area (Å²) in [4.78, 5) is 15.5. The molecule has 0 bridgehead atoms. The van der Waals surface area contributed by atoms with Crippen LogP contribution in [-0.2, 0) is 38.8 Å². The second-order valence-electron chi connectivity index (χ2n) is 12.6. The molecule has 0 aliphatic carbocycles. The van der Waals surface area contributed by atoms with Crippen molar-refractivity contribution < 1.29 is 19.0 Å². The van der Waals surface area contributed by atoms with E-state index in [2.05, 4.69) is 43.0 Å². The van der Waals surface area contributed by atoms with Gasteiger partial charge in [0.1, 0.15) is 18.3 Å². The fourth-order valence-electron chi connectivity index (χ4n) is 6.36. The molecule has 0 unspecified atom stereocenters. The van der Waals surface area contributed by atoms with Crippen molar-refractivity contribution in [1.82, 2.24) is 0 Å². The quantitative estimate of drug-likeness (QED) is 0.0659. The van der Waals surface area contributed by atoms with Gasteiger partial charge in [-0.25, -0.2) is 0 Å². The molecule has 5 heteroatoms. The van der Waals surface area contributed by atoms with Crippen LogP contribution in [0.1, 0.15) is 16.7 Å². The normalized spacial score (nSPS) is 13.2. The first-order chi connectivity index (χ1) is 26.2. The largest absolute Gasteiger partial charge is 0.367 e. The van der Waals surface area contributed by atoms with Crippen LogP contribution in [0.4, 0.5) is 0 Å². The molecule has 0 heterocycles. The summed E-state index contributed by atoms with van der Waals surface area (Å²) >= 11 is 0. The molecule has 6 aromatic rings. The van der Waals surface area contributed by atoms with Crippen molar-refractivity contribution in [3.63, 3.8) is 0 Å². The van der Waals surface area contributed by atoms with E-state index in [1.807, 2.05) is 164 Å². The van der Waals surface area contributed by atoms with E-state index in [0.29, 0.717) is 6.61 Å². The maximum absolute atomic E-state index is 15.5. The lowest BCUT2D eigenvalue weighted by Crippen LogP contribution is -2.47. The van der Waals surface area contributed by atoms with Gasteiger partial charge in [-0.2, -0.15) is 0 Å². The van der Waals surface area contributed by atoms with E-state index >= 15 is 4.79 Å². The molecule has 0 N–H and O–H groups in total. The van der Waals surface area contributed by atoms with Gasteiger partial charge in [0.2, 0.25) is 0 Å². The van der Waals surface area contributed by atoms with Crippen LogP contribution in [-0.4, -0.2) is 29.9 Å². The van der Waals surface area contributed by atoms with Gasteiger partial charge < -0.3 is 14.2 Å². The zero-order valence-corrected chi connectivity index (χ0v) is 30.7. The highest BCUT2D eigenvalue weighted by Gasteiger charge is 2.37. The number of ether oxygens (including phenoxy) is 3. The molecule has 0 radical (unpaired) electrons. The SMILES string of the molecule is C=C/C=C/[C@@H](OCc1ccccc1)[C@H](OCc1ccccc1)[C@H](OCc1ccccc1)C(=O)C=P(c1ccccc1)(c1ccccc1)c1ccccc1. The Morgan fingerprint density at radius 1 is 0.509 bits per heavy atom. The molecule has 0 saturated heterocycles. The highest BCUT2D eigenvalue weighted by Crippen LogP contribution is 2.44. The van der Waals surface area contributed by atoms with Crippen LogP contribution in [0.25, 0.3) is 0 Å². The summed E-state index contributed by atoms with van der Waals surface area (Å²) in [6.07, 6.45) is 2.93. The lowest BCUT2D eigenvalue weighted by Gasteiger charge is -2.33. The van der Waals surface area contributed by atoms with Crippen LogP contribution in [0.5, 0.6) is 0 Å². The van der Waals surface area contributed by atoms with Crippen molar-refractivity contribution in [3.05, 3.63) is 223 Å². The molecule has 0 fully saturated rings. The van der Waals surface area contributed by atoms with Crippen molar-refractivity contribution in [2.75, 3.05) is 0 Å². The molecule has 3 atom stereocenters. The Morgan fingerprint density at radius 3 is 1.26 bits per heavy atom. The predicted molar refractivity (Wildman–Crippen MR) is 221 cm³/mol. The highest BCUT2D eigenvalue weighted by atomic mass is 31.2. The van der Waals surface area contributed by atoms with E-state index in [1.165, 1.54) is 0 Å². The van der Waals surface area contributed by atoms with Gasteiger partial charge in [0.15, 0.2) is 5.78 Å². The summed E-state index contributed by atoms with van der Waals surface area (Å²) in [6, 6.07) is 60.9. The summed E-state index contributed by atoms with van der Waals surface area (Å²) in [5.41, 5.74) is 2.93. The third-order valence-corrected chi connectivity index (χ3v) is 13.0. The van der Waals surface area contributed by atoms with Crippen molar-refractivity contribution >= 4 is 34.4 Å². The van der Waals surface area contributed by atoms with E-state index < -0.39 is 25.2 Å². The minimum Gasteiger partial charge on any atom is -0.367 e. The van der Waals surface area contributed by atoms with E-state index in [9.17, 15) is 0 Å². The summed E-state index contributed by atoms with van der Waals surface area (Å²) < 4.78 is 20.2. The Kier molecular flexibility index (Phi) is 13.7. The van der Waals surface area contributed by atoms with Crippen molar-refractivity contribution in [1.29, 1.82) is 0 Å². The first-order valence-electron chi connectivity index (χ1n) is 17.9. The minimum atomic E-state index is -2.68. The summed E-state index contributed by atoms with van der Waals surface area (Å²) in [5.74, 6) is 1.76. The molecule has 6 rings (SSSR count). The maximum atomic E-state index is 15.5. The summed E-state index contributed by atoms with van der Waals surface area (Å²) in [7, 11) is 0. The van der Waals surface area contributed by atoms with Gasteiger partial charge in [-0.3, -0.25) is 4.79 Å². The van der Waals surface area contributed by atoms with Crippen LogP contribution in [0, 0.1) is 0 Å². The summed E-state index contributed by atoms with van der Waals surface area (Å²) in [6.45, 7) is 2.03. The average Bonchev–Trinajstić information content (AvgIpc) is 3.23. The predicted octanol–water partition coefficient (Wildman–Crippen LogP) is 8.85. The van der Waals surface area contributed by atoms with E-state index in [-0.39, 0.29) is 19.0 Å². The van der Waals surface area contributed by atoms with Crippen LogP contribution < -0.4 is 15.9 Å². The number of ketones is 1. The number of carbonyl (C=O) groups is 1. The van der Waals surface area contributed by atoms with Gasteiger partial charge in [-0.15, -0.1) is 0 Å². The second-order valence-corrected chi connectivity index (χ2v) is 15.9. The van der Waals surface area contributed by atoms with Gasteiger partial charge >= 0.3 is 0 Å². The molecule has 0 amide bonds. The molecular formula is C48H45O4P. The number of carbonyl (C=O) groups excluding carboxylic acids is 1. The molecule has 6 aromatic carbocycles. The number of rotatable bonds is 18. The van der Waals surface area contributed by atoms with E-state index in [0.717, 1.165) is 32.6 Å². The average molecular weight is 717 g/mol. The van der Waals surface area contributed by atoms with Crippen LogP contribution in [0.2, 0.25) is 0 Å². The Hall–Kier alpha value is -5.35. The maximum Gasteiger partial charge on any atom is 0.188 e.